The van der Waals surface area contributed by atoms with Crippen LogP contribution in [0.5, 0.6) is 0 Å². The molecular formula is C16H29N3O3. The highest BCUT2D eigenvalue weighted by atomic mass is 16.6. The van der Waals surface area contributed by atoms with E-state index in [1.54, 1.807) is 0 Å². The van der Waals surface area contributed by atoms with Crippen molar-refractivity contribution in [3.05, 3.63) is 0 Å². The summed E-state index contributed by atoms with van der Waals surface area (Å²) in [6, 6.07) is -0.389. The van der Waals surface area contributed by atoms with Crippen LogP contribution in [0.1, 0.15) is 55.4 Å². The summed E-state index contributed by atoms with van der Waals surface area (Å²) in [5, 5.41) is 5.62. The van der Waals surface area contributed by atoms with Gasteiger partial charge in [-0.3, -0.25) is 9.79 Å². The van der Waals surface area contributed by atoms with Gasteiger partial charge in [-0.25, -0.2) is 4.79 Å². The van der Waals surface area contributed by atoms with Crippen LogP contribution >= 0.6 is 0 Å². The summed E-state index contributed by atoms with van der Waals surface area (Å²) in [7, 11) is 0. The minimum atomic E-state index is -0.794. The molecule has 0 bridgehead atoms. The van der Waals surface area contributed by atoms with Gasteiger partial charge in [-0.05, 0) is 39.5 Å². The van der Waals surface area contributed by atoms with E-state index < -0.39 is 17.2 Å². The Kier molecular flexibility index (Phi) is 5.25. The van der Waals surface area contributed by atoms with Crippen LogP contribution in [0.4, 0.5) is 4.79 Å². The number of carbonyl (C=O) groups is 2. The highest BCUT2D eigenvalue weighted by molar-refractivity contribution is 6.10. The lowest BCUT2D eigenvalue weighted by Crippen LogP contribution is -2.50. The largest absolute Gasteiger partial charge is 0.444 e. The van der Waals surface area contributed by atoms with E-state index in [-0.39, 0.29) is 23.8 Å². The number of alkyl carbamates (subject to hydrolysis) is 1. The first-order valence-corrected chi connectivity index (χ1v) is 7.77. The average Bonchev–Trinajstić information content (AvgIpc) is 2.61. The lowest BCUT2D eigenvalue weighted by atomic mass is 9.89. The van der Waals surface area contributed by atoms with Crippen LogP contribution in [0.2, 0.25) is 0 Å². The van der Waals surface area contributed by atoms with E-state index in [2.05, 4.69) is 15.6 Å². The number of rotatable bonds is 4. The van der Waals surface area contributed by atoms with Crippen LogP contribution in [0.3, 0.4) is 0 Å². The zero-order chi connectivity index (χ0) is 17.3. The van der Waals surface area contributed by atoms with Gasteiger partial charge in [-0.15, -0.1) is 0 Å². The summed E-state index contributed by atoms with van der Waals surface area (Å²) in [6.45, 7) is 15.1. The van der Waals surface area contributed by atoms with Crippen LogP contribution in [-0.2, 0) is 9.53 Å². The van der Waals surface area contributed by atoms with Crippen molar-refractivity contribution in [2.75, 3.05) is 0 Å². The van der Waals surface area contributed by atoms with Crippen LogP contribution < -0.4 is 10.6 Å². The van der Waals surface area contributed by atoms with Crippen molar-refractivity contribution in [2.45, 2.75) is 72.6 Å². The number of hydrogen-bond donors (Lipinski definition) is 2. The Labute approximate surface area is 133 Å². The molecule has 1 heterocycles. The summed E-state index contributed by atoms with van der Waals surface area (Å²) in [5.74, 6) is 0.511. The quantitative estimate of drug-likeness (QED) is 0.837. The molecule has 126 valence electrons. The molecule has 1 aliphatic rings. The molecule has 22 heavy (non-hydrogen) atoms. The highest BCUT2D eigenvalue weighted by Gasteiger charge is 2.44. The molecule has 2 amide bonds. The van der Waals surface area contributed by atoms with Gasteiger partial charge in [-0.1, -0.05) is 27.7 Å². The smallest absolute Gasteiger partial charge is 0.408 e. The second-order valence-corrected chi connectivity index (χ2v) is 7.62. The molecule has 2 atom stereocenters. The molecule has 0 radical (unpaired) electrons. The van der Waals surface area contributed by atoms with Gasteiger partial charge >= 0.3 is 6.09 Å². The Morgan fingerprint density at radius 3 is 2.18 bits per heavy atom. The van der Waals surface area contributed by atoms with Crippen LogP contribution in [0, 0.1) is 11.8 Å². The lowest BCUT2D eigenvalue weighted by molar-refractivity contribution is -0.124. The molecule has 0 spiro atoms. The zero-order valence-electron chi connectivity index (χ0n) is 14.9. The fourth-order valence-corrected chi connectivity index (χ4v) is 2.10. The molecule has 1 unspecified atom stereocenters. The van der Waals surface area contributed by atoms with E-state index in [4.69, 9.17) is 4.74 Å². The summed E-state index contributed by atoms with van der Waals surface area (Å²) >= 11 is 0. The average molecular weight is 311 g/mol. The third kappa shape index (κ3) is 4.21. The van der Waals surface area contributed by atoms with Gasteiger partial charge in [0, 0.05) is 0 Å². The first kappa shape index (κ1) is 18.5. The molecule has 1 rings (SSSR count). The van der Waals surface area contributed by atoms with Crippen molar-refractivity contribution in [3.63, 3.8) is 0 Å². The Morgan fingerprint density at radius 1 is 1.27 bits per heavy atom. The maximum atomic E-state index is 12.2. The van der Waals surface area contributed by atoms with Gasteiger partial charge in [0.05, 0.1) is 6.04 Å². The molecule has 0 saturated heterocycles. The zero-order valence-corrected chi connectivity index (χ0v) is 14.9. The third-order valence-electron chi connectivity index (χ3n) is 3.81. The molecular weight excluding hydrogens is 282 g/mol. The van der Waals surface area contributed by atoms with Crippen LogP contribution in [0.25, 0.3) is 0 Å². The predicted octanol–water partition coefficient (Wildman–Crippen LogP) is 2.48. The molecule has 0 saturated carbocycles. The Balaban J connectivity index is 2.94. The van der Waals surface area contributed by atoms with Crippen LogP contribution in [0.15, 0.2) is 4.99 Å². The fourth-order valence-electron chi connectivity index (χ4n) is 2.10. The van der Waals surface area contributed by atoms with Gasteiger partial charge in [0.1, 0.15) is 17.0 Å². The molecule has 0 aromatic rings. The minimum absolute atomic E-state index is 0.0688. The van der Waals surface area contributed by atoms with Crippen molar-refractivity contribution in [2.24, 2.45) is 16.8 Å². The topological polar surface area (TPSA) is 79.8 Å². The summed E-state index contributed by atoms with van der Waals surface area (Å²) in [5.41, 5.74) is -1.36. The Morgan fingerprint density at radius 2 is 1.82 bits per heavy atom. The number of amides is 2. The maximum Gasteiger partial charge on any atom is 0.408 e. The van der Waals surface area contributed by atoms with Crippen molar-refractivity contribution >= 4 is 17.8 Å². The number of nitrogens with one attached hydrogen (secondary N) is 2. The van der Waals surface area contributed by atoms with Crippen LogP contribution in [-0.4, -0.2) is 35.0 Å². The standard InChI is InChI=1S/C16H29N3O3/c1-9(2)11(17-14(21)22-15(5,6)7)12-18-13(20)16(8,19-12)10(3)4/h9-11H,1-8H3,(H,17,21)(H,18,19,20)/t11-,16?/m0/s1. The van der Waals surface area contributed by atoms with Crippen molar-refractivity contribution < 1.29 is 14.3 Å². The Bertz CT molecular complexity index is 478. The number of aliphatic imine (C=N–C) groups is 1. The van der Waals surface area contributed by atoms with E-state index in [9.17, 15) is 9.59 Å². The van der Waals surface area contributed by atoms with Crippen molar-refractivity contribution in [3.8, 4) is 0 Å². The summed E-state index contributed by atoms with van der Waals surface area (Å²) in [4.78, 5) is 28.8. The number of nitrogens with zero attached hydrogens (tertiary/aromatic N) is 1. The molecule has 6 nitrogen and oxygen atoms in total. The van der Waals surface area contributed by atoms with Gasteiger partial charge in [0.15, 0.2) is 0 Å². The molecule has 0 aliphatic carbocycles. The molecule has 2 N–H and O–H groups in total. The minimum Gasteiger partial charge on any atom is -0.444 e. The fraction of sp³-hybridized carbons (Fsp3) is 0.812. The maximum absolute atomic E-state index is 12.2. The van der Waals surface area contributed by atoms with E-state index >= 15 is 0 Å². The SMILES string of the molecule is CC(C)[C@H](NC(=O)OC(C)(C)C)C1=NC(C)(C(C)C)C(=O)N1. The molecule has 0 aromatic heterocycles. The molecule has 0 aromatic carbocycles. The summed E-state index contributed by atoms with van der Waals surface area (Å²) in [6.07, 6.45) is -0.513. The first-order valence-electron chi connectivity index (χ1n) is 7.77. The molecule has 6 heteroatoms. The third-order valence-corrected chi connectivity index (χ3v) is 3.81. The number of carbonyl (C=O) groups excluding carboxylic acids is 2. The predicted molar refractivity (Wildman–Crippen MR) is 86.8 cm³/mol. The Hall–Kier alpha value is -1.59. The summed E-state index contributed by atoms with van der Waals surface area (Å²) < 4.78 is 5.29. The van der Waals surface area contributed by atoms with E-state index in [0.717, 1.165) is 0 Å². The van der Waals surface area contributed by atoms with E-state index in [1.807, 2.05) is 55.4 Å². The molecule has 0 fully saturated rings. The lowest BCUT2D eigenvalue weighted by Gasteiger charge is -2.25. The first-order chi connectivity index (χ1) is 9.86. The second kappa shape index (κ2) is 6.26. The van der Waals surface area contributed by atoms with Crippen molar-refractivity contribution in [1.82, 2.24) is 10.6 Å². The normalized spacial score (nSPS) is 23.4. The van der Waals surface area contributed by atoms with Gasteiger partial charge in [0.25, 0.3) is 5.91 Å². The second-order valence-electron chi connectivity index (χ2n) is 7.62. The van der Waals surface area contributed by atoms with Gasteiger partial charge in [-0.2, -0.15) is 0 Å². The van der Waals surface area contributed by atoms with E-state index in [0.29, 0.717) is 5.84 Å². The number of ether oxygens (including phenoxy) is 1. The molecule has 1 aliphatic heterocycles. The van der Waals surface area contributed by atoms with Gasteiger partial charge in [0.2, 0.25) is 0 Å². The van der Waals surface area contributed by atoms with Crippen molar-refractivity contribution in [1.29, 1.82) is 0 Å². The van der Waals surface area contributed by atoms with Gasteiger partial charge < -0.3 is 15.4 Å². The number of hydrogen-bond acceptors (Lipinski definition) is 4. The highest BCUT2D eigenvalue weighted by Crippen LogP contribution is 2.26. The van der Waals surface area contributed by atoms with E-state index in [1.165, 1.54) is 0 Å². The number of amidine groups is 1. The monoisotopic (exact) mass is 311 g/mol.